The molecule has 136 valence electrons. The van der Waals surface area contributed by atoms with Crippen molar-refractivity contribution in [3.63, 3.8) is 0 Å². The number of aryl methyl sites for hydroxylation is 1. The highest BCUT2D eigenvalue weighted by Crippen LogP contribution is 2.27. The van der Waals surface area contributed by atoms with Crippen molar-refractivity contribution in [2.75, 3.05) is 29.6 Å². The van der Waals surface area contributed by atoms with Gasteiger partial charge in [-0.2, -0.15) is 0 Å². The summed E-state index contributed by atoms with van der Waals surface area (Å²) in [6.07, 6.45) is 6.28. The fourth-order valence-electron chi connectivity index (χ4n) is 2.36. The van der Waals surface area contributed by atoms with Crippen LogP contribution in [-0.4, -0.2) is 37.1 Å². The number of carbonyl (C=O) groups excluding carboxylic acids is 1. The van der Waals surface area contributed by atoms with Crippen LogP contribution in [0, 0.1) is 5.82 Å². The summed E-state index contributed by atoms with van der Waals surface area (Å²) in [5.41, 5.74) is 2.49. The lowest BCUT2D eigenvalue weighted by molar-refractivity contribution is 0.112. The maximum atomic E-state index is 13.8. The maximum absolute atomic E-state index is 13.8. The smallest absolute Gasteiger partial charge is 0.166 e. The van der Waals surface area contributed by atoms with Gasteiger partial charge in [0.1, 0.15) is 5.82 Å². The standard InChI is InChI=1S/C18H21FN6O/c1-5-15-16(25(4)7-6-20-2)9-13(10-22-15)23-17-12(11-26)8-14(19)18(21-3)24-17/h6-11H,2,5H2,1,3-4H3,(H2,21,23,24)/b7-6-. The van der Waals surface area contributed by atoms with Gasteiger partial charge in [-0.05, 0) is 25.3 Å². The minimum absolute atomic E-state index is 0.0496. The zero-order valence-corrected chi connectivity index (χ0v) is 15.0. The number of carbonyl (C=O) groups is 1. The first-order valence-electron chi connectivity index (χ1n) is 7.98. The minimum Gasteiger partial charge on any atom is -0.371 e. The molecule has 7 nitrogen and oxygen atoms in total. The van der Waals surface area contributed by atoms with Crippen molar-refractivity contribution >= 4 is 36.0 Å². The SMILES string of the molecule is C=N/C=C\N(C)c1cc(Nc2nc(NC)c(F)cc2C=O)cnc1CC. The van der Waals surface area contributed by atoms with Gasteiger partial charge in [0.15, 0.2) is 17.9 Å². The summed E-state index contributed by atoms with van der Waals surface area (Å²) in [5.74, 6) is -0.302. The normalized spacial score (nSPS) is 10.6. The van der Waals surface area contributed by atoms with E-state index < -0.39 is 5.82 Å². The number of aromatic nitrogens is 2. The molecule has 0 aromatic carbocycles. The van der Waals surface area contributed by atoms with Gasteiger partial charge in [-0.15, -0.1) is 0 Å². The van der Waals surface area contributed by atoms with Crippen LogP contribution in [0.2, 0.25) is 0 Å². The lowest BCUT2D eigenvalue weighted by Gasteiger charge is -2.19. The average Bonchev–Trinajstić information content (AvgIpc) is 2.66. The summed E-state index contributed by atoms with van der Waals surface area (Å²) in [7, 11) is 3.42. The van der Waals surface area contributed by atoms with Crippen molar-refractivity contribution in [1.29, 1.82) is 0 Å². The summed E-state index contributed by atoms with van der Waals surface area (Å²) >= 11 is 0. The van der Waals surface area contributed by atoms with Gasteiger partial charge < -0.3 is 15.5 Å². The van der Waals surface area contributed by atoms with Gasteiger partial charge in [0, 0.05) is 26.5 Å². The quantitative estimate of drug-likeness (QED) is 0.557. The Kier molecular flexibility index (Phi) is 6.37. The van der Waals surface area contributed by atoms with Gasteiger partial charge >= 0.3 is 0 Å². The third-order valence-corrected chi connectivity index (χ3v) is 3.69. The fraction of sp³-hybridized carbons (Fsp3) is 0.222. The zero-order valence-electron chi connectivity index (χ0n) is 15.0. The molecule has 2 aromatic rings. The first-order chi connectivity index (χ1) is 12.5. The van der Waals surface area contributed by atoms with Crippen molar-refractivity contribution in [2.45, 2.75) is 13.3 Å². The molecule has 0 unspecified atom stereocenters. The molecule has 0 bridgehead atoms. The highest BCUT2D eigenvalue weighted by Gasteiger charge is 2.13. The number of nitrogens with one attached hydrogen (secondary N) is 2. The summed E-state index contributed by atoms with van der Waals surface area (Å²) in [6.45, 7) is 5.42. The molecule has 26 heavy (non-hydrogen) atoms. The van der Waals surface area contributed by atoms with E-state index in [0.717, 1.165) is 23.9 Å². The van der Waals surface area contributed by atoms with Crippen LogP contribution in [0.25, 0.3) is 0 Å². The van der Waals surface area contributed by atoms with E-state index in [4.69, 9.17) is 0 Å². The summed E-state index contributed by atoms with van der Waals surface area (Å²) in [6, 6.07) is 3.01. The number of nitrogens with zero attached hydrogens (tertiary/aromatic N) is 4. The predicted molar refractivity (Wildman–Crippen MR) is 103 cm³/mol. The molecule has 8 heteroatoms. The average molecular weight is 356 g/mol. The van der Waals surface area contributed by atoms with E-state index in [-0.39, 0.29) is 17.2 Å². The number of hydrogen-bond acceptors (Lipinski definition) is 7. The van der Waals surface area contributed by atoms with E-state index in [1.165, 1.54) is 0 Å². The molecule has 0 saturated heterocycles. The number of hydrogen-bond donors (Lipinski definition) is 2. The first kappa shape index (κ1) is 19.0. The van der Waals surface area contributed by atoms with Gasteiger partial charge in [0.25, 0.3) is 0 Å². The molecular weight excluding hydrogens is 335 g/mol. The Hall–Kier alpha value is -3.29. The Morgan fingerprint density at radius 2 is 2.15 bits per heavy atom. The van der Waals surface area contributed by atoms with Crippen LogP contribution in [0.5, 0.6) is 0 Å². The Morgan fingerprint density at radius 1 is 1.38 bits per heavy atom. The van der Waals surface area contributed by atoms with Crippen molar-refractivity contribution < 1.29 is 9.18 Å². The van der Waals surface area contributed by atoms with Gasteiger partial charge in [0.05, 0.1) is 28.8 Å². The molecular formula is C18H21FN6O. The Bertz CT molecular complexity index is 837. The molecule has 0 saturated carbocycles. The van der Waals surface area contributed by atoms with Crippen LogP contribution in [0.4, 0.5) is 27.4 Å². The highest BCUT2D eigenvalue weighted by molar-refractivity contribution is 5.85. The molecule has 2 rings (SSSR count). The van der Waals surface area contributed by atoms with Crippen LogP contribution >= 0.6 is 0 Å². The van der Waals surface area contributed by atoms with E-state index in [0.29, 0.717) is 12.0 Å². The van der Waals surface area contributed by atoms with Crippen LogP contribution in [0.3, 0.4) is 0 Å². The number of rotatable bonds is 8. The van der Waals surface area contributed by atoms with E-state index in [1.807, 2.05) is 24.9 Å². The zero-order chi connectivity index (χ0) is 19.1. The van der Waals surface area contributed by atoms with E-state index >= 15 is 0 Å². The third-order valence-electron chi connectivity index (χ3n) is 3.69. The molecule has 0 spiro atoms. The van der Waals surface area contributed by atoms with Crippen molar-refractivity contribution in [2.24, 2.45) is 4.99 Å². The Labute approximate surface area is 151 Å². The van der Waals surface area contributed by atoms with Crippen molar-refractivity contribution in [3.05, 3.63) is 47.8 Å². The third kappa shape index (κ3) is 4.21. The van der Waals surface area contributed by atoms with Crippen LogP contribution < -0.4 is 15.5 Å². The molecule has 0 amide bonds. The fourth-order valence-corrected chi connectivity index (χ4v) is 2.36. The van der Waals surface area contributed by atoms with Crippen LogP contribution in [0.15, 0.2) is 35.7 Å². The number of anilines is 4. The van der Waals surface area contributed by atoms with Gasteiger partial charge in [-0.25, -0.2) is 9.37 Å². The largest absolute Gasteiger partial charge is 0.371 e. The molecule has 0 aliphatic carbocycles. The lowest BCUT2D eigenvalue weighted by atomic mass is 10.2. The summed E-state index contributed by atoms with van der Waals surface area (Å²) in [4.78, 5) is 25.4. The van der Waals surface area contributed by atoms with Crippen LogP contribution in [-0.2, 0) is 6.42 Å². The molecule has 0 aliphatic rings. The lowest BCUT2D eigenvalue weighted by Crippen LogP contribution is -2.12. The molecule has 0 atom stereocenters. The second-order valence-corrected chi connectivity index (χ2v) is 5.38. The number of aliphatic imine (C=N–C) groups is 1. The molecule has 2 heterocycles. The topological polar surface area (TPSA) is 82.5 Å². The highest BCUT2D eigenvalue weighted by atomic mass is 19.1. The van der Waals surface area contributed by atoms with Crippen LogP contribution in [0.1, 0.15) is 23.0 Å². The van der Waals surface area contributed by atoms with Crippen molar-refractivity contribution in [3.8, 4) is 0 Å². The minimum atomic E-state index is -0.595. The monoisotopic (exact) mass is 356 g/mol. The van der Waals surface area contributed by atoms with E-state index in [1.54, 1.807) is 25.6 Å². The predicted octanol–water partition coefficient (Wildman–Crippen LogP) is 3.38. The number of pyridine rings is 2. The summed E-state index contributed by atoms with van der Waals surface area (Å²) < 4.78 is 13.8. The van der Waals surface area contributed by atoms with Gasteiger partial charge in [-0.3, -0.25) is 14.8 Å². The number of halogens is 1. The molecule has 0 fully saturated rings. The number of aldehydes is 1. The van der Waals surface area contributed by atoms with Gasteiger partial charge in [0.2, 0.25) is 0 Å². The first-order valence-corrected chi connectivity index (χ1v) is 7.98. The second kappa shape index (κ2) is 8.70. The maximum Gasteiger partial charge on any atom is 0.166 e. The van der Waals surface area contributed by atoms with E-state index in [2.05, 4.69) is 32.3 Å². The second-order valence-electron chi connectivity index (χ2n) is 5.38. The van der Waals surface area contributed by atoms with Gasteiger partial charge in [-0.1, -0.05) is 6.92 Å². The Balaban J connectivity index is 2.43. The molecule has 0 radical (unpaired) electrons. The summed E-state index contributed by atoms with van der Waals surface area (Å²) in [5, 5.41) is 5.68. The molecule has 2 aromatic heterocycles. The van der Waals surface area contributed by atoms with Crippen molar-refractivity contribution in [1.82, 2.24) is 9.97 Å². The Morgan fingerprint density at radius 3 is 2.77 bits per heavy atom. The molecule has 0 aliphatic heterocycles. The molecule has 2 N–H and O–H groups in total. The van der Waals surface area contributed by atoms with E-state index in [9.17, 15) is 9.18 Å².